The summed E-state index contributed by atoms with van der Waals surface area (Å²) in [5.41, 5.74) is 0.634. The highest BCUT2D eigenvalue weighted by Crippen LogP contribution is 2.46. The van der Waals surface area contributed by atoms with Gasteiger partial charge in [-0.25, -0.2) is 0 Å². The number of halogens is 3. The molecule has 2 aliphatic rings. The molecule has 3 rings (SSSR count). The van der Waals surface area contributed by atoms with E-state index in [0.717, 1.165) is 0 Å². The first-order chi connectivity index (χ1) is 10.1. The van der Waals surface area contributed by atoms with Gasteiger partial charge in [0.05, 0.1) is 12.2 Å². The Labute approximate surface area is 125 Å². The largest absolute Gasteiger partial charge is 0.573 e. The van der Waals surface area contributed by atoms with Gasteiger partial charge in [0.2, 0.25) is 0 Å². The van der Waals surface area contributed by atoms with Crippen LogP contribution in [0.2, 0.25) is 0 Å². The van der Waals surface area contributed by atoms with Gasteiger partial charge in [0, 0.05) is 5.92 Å². The van der Waals surface area contributed by atoms with E-state index in [1.54, 1.807) is 19.9 Å². The zero-order valence-electron chi connectivity index (χ0n) is 12.1. The Bertz CT molecular complexity index is 558. The summed E-state index contributed by atoms with van der Waals surface area (Å²) in [4.78, 5) is 0. The van der Waals surface area contributed by atoms with Gasteiger partial charge in [-0.1, -0.05) is 12.1 Å². The molecular weight excluding hydrogens is 301 g/mol. The van der Waals surface area contributed by atoms with Crippen molar-refractivity contribution in [2.45, 2.75) is 56.6 Å². The van der Waals surface area contributed by atoms with E-state index in [4.69, 9.17) is 9.47 Å². The van der Waals surface area contributed by atoms with E-state index in [-0.39, 0.29) is 17.8 Å². The van der Waals surface area contributed by atoms with Crippen LogP contribution in [0.25, 0.3) is 0 Å². The van der Waals surface area contributed by atoms with Crippen molar-refractivity contribution in [1.29, 1.82) is 0 Å². The number of alkyl halides is 3. The van der Waals surface area contributed by atoms with Crippen molar-refractivity contribution in [3.63, 3.8) is 0 Å². The fourth-order valence-corrected chi connectivity index (χ4v) is 3.22. The Morgan fingerprint density at radius 1 is 1.23 bits per heavy atom. The Kier molecular flexibility index (Phi) is 3.62. The molecule has 0 spiro atoms. The monoisotopic (exact) mass is 318 g/mol. The molecule has 1 aliphatic heterocycles. The molecule has 1 aromatic carbocycles. The van der Waals surface area contributed by atoms with Crippen molar-refractivity contribution in [2.75, 3.05) is 0 Å². The highest BCUT2D eigenvalue weighted by Gasteiger charge is 2.53. The molecule has 1 N–H and O–H groups in total. The predicted molar refractivity (Wildman–Crippen MR) is 70.3 cm³/mol. The molecule has 7 heteroatoms. The molecule has 1 saturated heterocycles. The van der Waals surface area contributed by atoms with Gasteiger partial charge >= 0.3 is 6.36 Å². The fraction of sp³-hybridized carbons (Fsp3) is 0.600. The third-order valence-electron chi connectivity index (χ3n) is 3.95. The van der Waals surface area contributed by atoms with Crippen LogP contribution in [0.1, 0.15) is 31.7 Å². The number of hydrogen-bond donors (Lipinski definition) is 1. The molecule has 0 radical (unpaired) electrons. The van der Waals surface area contributed by atoms with E-state index in [0.29, 0.717) is 12.0 Å². The van der Waals surface area contributed by atoms with Gasteiger partial charge in [0.1, 0.15) is 11.9 Å². The summed E-state index contributed by atoms with van der Waals surface area (Å²) in [6.07, 6.45) is -5.91. The summed E-state index contributed by atoms with van der Waals surface area (Å²) >= 11 is 0. The number of ether oxygens (including phenoxy) is 3. The second kappa shape index (κ2) is 5.11. The molecule has 122 valence electrons. The van der Waals surface area contributed by atoms with Gasteiger partial charge in [0.25, 0.3) is 0 Å². The molecule has 0 bridgehead atoms. The lowest BCUT2D eigenvalue weighted by atomic mass is 9.95. The predicted octanol–water partition coefficient (Wildman–Crippen LogP) is 2.95. The molecule has 4 nitrogen and oxygen atoms in total. The minimum atomic E-state index is -4.73. The van der Waals surface area contributed by atoms with E-state index in [1.165, 1.54) is 18.2 Å². The van der Waals surface area contributed by atoms with Gasteiger partial charge in [-0.15, -0.1) is 13.2 Å². The van der Waals surface area contributed by atoms with Crippen molar-refractivity contribution in [1.82, 2.24) is 0 Å². The molecule has 0 amide bonds. The van der Waals surface area contributed by atoms with Crippen LogP contribution in [0.4, 0.5) is 13.2 Å². The summed E-state index contributed by atoms with van der Waals surface area (Å²) in [7, 11) is 0. The van der Waals surface area contributed by atoms with Crippen molar-refractivity contribution in [2.24, 2.45) is 0 Å². The lowest BCUT2D eigenvalue weighted by molar-refractivity contribution is -0.274. The van der Waals surface area contributed by atoms with Crippen molar-refractivity contribution < 1.29 is 32.5 Å². The number of benzene rings is 1. The van der Waals surface area contributed by atoms with Crippen LogP contribution in [-0.4, -0.2) is 35.6 Å². The molecule has 2 fully saturated rings. The van der Waals surface area contributed by atoms with Crippen LogP contribution in [0.3, 0.4) is 0 Å². The van der Waals surface area contributed by atoms with Crippen molar-refractivity contribution >= 4 is 0 Å². The Balaban J connectivity index is 1.84. The minimum absolute atomic E-state index is 0.237. The van der Waals surface area contributed by atoms with Crippen molar-refractivity contribution in [3.05, 3.63) is 29.8 Å². The topological polar surface area (TPSA) is 47.9 Å². The average Bonchev–Trinajstić information content (AvgIpc) is 2.83. The van der Waals surface area contributed by atoms with E-state index >= 15 is 0 Å². The van der Waals surface area contributed by atoms with E-state index in [9.17, 15) is 18.3 Å². The van der Waals surface area contributed by atoms with Gasteiger partial charge in [-0.05, 0) is 38.0 Å². The Morgan fingerprint density at radius 3 is 2.59 bits per heavy atom. The maximum Gasteiger partial charge on any atom is 0.573 e. The van der Waals surface area contributed by atoms with E-state index < -0.39 is 24.4 Å². The first-order valence-corrected chi connectivity index (χ1v) is 7.04. The molecule has 4 atom stereocenters. The van der Waals surface area contributed by atoms with E-state index in [2.05, 4.69) is 4.74 Å². The lowest BCUT2D eigenvalue weighted by Gasteiger charge is -2.22. The summed E-state index contributed by atoms with van der Waals surface area (Å²) < 4.78 is 52.4. The summed E-state index contributed by atoms with van der Waals surface area (Å²) in [5.74, 6) is -1.32. The van der Waals surface area contributed by atoms with E-state index in [1.807, 2.05) is 0 Å². The van der Waals surface area contributed by atoms with Crippen LogP contribution in [-0.2, 0) is 9.47 Å². The minimum Gasteiger partial charge on any atom is -0.406 e. The third-order valence-corrected chi connectivity index (χ3v) is 3.95. The molecule has 22 heavy (non-hydrogen) atoms. The number of aliphatic hydroxyl groups is 1. The molecule has 1 aliphatic carbocycles. The summed E-state index contributed by atoms with van der Waals surface area (Å²) in [6, 6.07) is 5.78. The zero-order valence-corrected chi connectivity index (χ0v) is 12.1. The van der Waals surface area contributed by atoms with Gasteiger partial charge in [-0.3, -0.25) is 0 Å². The first kappa shape index (κ1) is 15.6. The second-order valence-electron chi connectivity index (χ2n) is 6.09. The highest BCUT2D eigenvalue weighted by atomic mass is 19.4. The van der Waals surface area contributed by atoms with Crippen LogP contribution in [0.15, 0.2) is 24.3 Å². The second-order valence-corrected chi connectivity index (χ2v) is 6.09. The van der Waals surface area contributed by atoms with Crippen LogP contribution >= 0.6 is 0 Å². The zero-order chi connectivity index (χ0) is 16.1. The van der Waals surface area contributed by atoms with Crippen LogP contribution in [0, 0.1) is 0 Å². The maximum absolute atomic E-state index is 12.3. The number of rotatable bonds is 2. The number of aliphatic hydroxyl groups excluding tert-OH is 1. The van der Waals surface area contributed by atoms with Crippen LogP contribution < -0.4 is 4.74 Å². The molecule has 0 unspecified atom stereocenters. The number of hydrogen-bond acceptors (Lipinski definition) is 4. The molecule has 1 aromatic rings. The first-order valence-electron chi connectivity index (χ1n) is 7.04. The summed E-state index contributed by atoms with van der Waals surface area (Å²) in [5, 5.41) is 10.1. The molecule has 0 aromatic heterocycles. The summed E-state index contributed by atoms with van der Waals surface area (Å²) in [6.45, 7) is 3.50. The fourth-order valence-electron chi connectivity index (χ4n) is 3.22. The van der Waals surface area contributed by atoms with Gasteiger partial charge in [0.15, 0.2) is 5.79 Å². The Morgan fingerprint density at radius 2 is 1.91 bits per heavy atom. The standard InChI is InChI=1S/C15H17F3O4/c1-14(2)21-12-10(7-11(19)13(12)22-14)8-4-3-5-9(6-8)20-15(16,17)18/h3-6,10-13,19H,7H2,1-2H3/t10-,11+,12-,13+/m1/s1. The highest BCUT2D eigenvalue weighted by molar-refractivity contribution is 5.33. The molecular formula is C15H17F3O4. The average molecular weight is 318 g/mol. The van der Waals surface area contributed by atoms with Gasteiger partial charge < -0.3 is 19.3 Å². The third kappa shape index (κ3) is 3.06. The Hall–Kier alpha value is -1.31. The van der Waals surface area contributed by atoms with Gasteiger partial charge in [-0.2, -0.15) is 0 Å². The van der Waals surface area contributed by atoms with Crippen LogP contribution in [0.5, 0.6) is 5.75 Å². The quantitative estimate of drug-likeness (QED) is 0.911. The molecule has 1 heterocycles. The SMILES string of the molecule is CC1(C)O[C@@H]2[C@H](O1)[C@@H](c1cccc(OC(F)(F)F)c1)C[C@@H]2O. The number of fused-ring (bicyclic) bond motifs is 1. The maximum atomic E-state index is 12.3. The normalized spacial score (nSPS) is 33.7. The molecule has 1 saturated carbocycles. The van der Waals surface area contributed by atoms with Crippen molar-refractivity contribution in [3.8, 4) is 5.75 Å². The smallest absolute Gasteiger partial charge is 0.406 e. The lowest BCUT2D eigenvalue weighted by Crippen LogP contribution is -2.28.